The van der Waals surface area contributed by atoms with Gasteiger partial charge in [-0.3, -0.25) is 4.90 Å². The second-order valence-corrected chi connectivity index (χ2v) is 5.54. The van der Waals surface area contributed by atoms with Gasteiger partial charge in [-0.15, -0.1) is 0 Å². The maximum atomic E-state index is 6.06. The SMILES string of the molecule is COC1CCN(C(C)(CN)C2CCOC2)CC1. The van der Waals surface area contributed by atoms with Crippen molar-refractivity contribution >= 4 is 0 Å². The van der Waals surface area contributed by atoms with Crippen LogP contribution in [-0.2, 0) is 9.47 Å². The molecule has 0 aliphatic carbocycles. The normalized spacial score (nSPS) is 31.6. The molecule has 0 saturated carbocycles. The van der Waals surface area contributed by atoms with E-state index in [9.17, 15) is 0 Å². The van der Waals surface area contributed by atoms with Gasteiger partial charge in [0.25, 0.3) is 0 Å². The van der Waals surface area contributed by atoms with Crippen LogP contribution >= 0.6 is 0 Å². The van der Waals surface area contributed by atoms with Crippen LogP contribution in [0.4, 0.5) is 0 Å². The van der Waals surface area contributed by atoms with E-state index in [-0.39, 0.29) is 5.54 Å². The van der Waals surface area contributed by atoms with Crippen LogP contribution in [0.15, 0.2) is 0 Å². The van der Waals surface area contributed by atoms with Crippen LogP contribution < -0.4 is 5.73 Å². The quantitative estimate of drug-likeness (QED) is 0.794. The van der Waals surface area contributed by atoms with Gasteiger partial charge in [0.15, 0.2) is 0 Å². The van der Waals surface area contributed by atoms with Crippen LogP contribution in [0.25, 0.3) is 0 Å². The molecule has 0 spiro atoms. The predicted octanol–water partition coefficient (Wildman–Crippen LogP) is 0.851. The molecule has 0 radical (unpaired) electrons. The Balaban J connectivity index is 1.97. The van der Waals surface area contributed by atoms with Crippen molar-refractivity contribution < 1.29 is 9.47 Å². The maximum Gasteiger partial charge on any atom is 0.0595 e. The van der Waals surface area contributed by atoms with Gasteiger partial charge in [0, 0.05) is 44.8 Å². The van der Waals surface area contributed by atoms with Crippen molar-refractivity contribution in [2.24, 2.45) is 11.7 Å². The van der Waals surface area contributed by atoms with E-state index in [1.54, 1.807) is 0 Å². The summed E-state index contributed by atoms with van der Waals surface area (Å²) < 4.78 is 11.0. The highest BCUT2D eigenvalue weighted by Gasteiger charge is 2.41. The molecule has 2 aliphatic heterocycles. The van der Waals surface area contributed by atoms with Crippen molar-refractivity contribution in [3.05, 3.63) is 0 Å². The summed E-state index contributed by atoms with van der Waals surface area (Å²) in [5.41, 5.74) is 6.16. The molecular weight excluding hydrogens is 216 g/mol. The fraction of sp³-hybridized carbons (Fsp3) is 1.00. The minimum absolute atomic E-state index is 0.106. The van der Waals surface area contributed by atoms with E-state index >= 15 is 0 Å². The number of methoxy groups -OCH3 is 1. The van der Waals surface area contributed by atoms with Gasteiger partial charge in [-0.2, -0.15) is 0 Å². The van der Waals surface area contributed by atoms with E-state index in [4.69, 9.17) is 15.2 Å². The first-order valence-corrected chi connectivity index (χ1v) is 6.76. The summed E-state index contributed by atoms with van der Waals surface area (Å²) in [6, 6.07) is 0. The van der Waals surface area contributed by atoms with Crippen molar-refractivity contribution in [1.29, 1.82) is 0 Å². The molecule has 2 aliphatic rings. The fourth-order valence-electron chi connectivity index (χ4n) is 3.18. The largest absolute Gasteiger partial charge is 0.381 e. The van der Waals surface area contributed by atoms with Crippen molar-refractivity contribution in [3.63, 3.8) is 0 Å². The third-order valence-electron chi connectivity index (χ3n) is 4.72. The highest BCUT2D eigenvalue weighted by atomic mass is 16.5. The molecule has 0 bridgehead atoms. The van der Waals surface area contributed by atoms with Crippen LogP contribution in [0.3, 0.4) is 0 Å². The Morgan fingerprint density at radius 2 is 2.06 bits per heavy atom. The number of ether oxygens (including phenoxy) is 2. The first-order valence-electron chi connectivity index (χ1n) is 6.76. The summed E-state index contributed by atoms with van der Waals surface area (Å²) >= 11 is 0. The molecule has 4 nitrogen and oxygen atoms in total. The third-order valence-corrected chi connectivity index (χ3v) is 4.72. The lowest BCUT2D eigenvalue weighted by atomic mass is 9.82. The molecule has 2 unspecified atom stereocenters. The van der Waals surface area contributed by atoms with Gasteiger partial charge >= 0.3 is 0 Å². The third kappa shape index (κ3) is 2.65. The Morgan fingerprint density at radius 1 is 1.35 bits per heavy atom. The van der Waals surface area contributed by atoms with E-state index in [2.05, 4.69) is 11.8 Å². The van der Waals surface area contributed by atoms with Crippen LogP contribution in [0.1, 0.15) is 26.2 Å². The minimum atomic E-state index is 0.106. The molecule has 0 aromatic rings. The number of nitrogens with two attached hydrogens (primary N) is 1. The molecule has 2 rings (SSSR count). The molecule has 2 fully saturated rings. The molecule has 2 N–H and O–H groups in total. The van der Waals surface area contributed by atoms with Crippen LogP contribution in [0, 0.1) is 5.92 Å². The molecule has 2 saturated heterocycles. The molecule has 0 aromatic carbocycles. The molecule has 0 amide bonds. The van der Waals surface area contributed by atoms with Crippen LogP contribution in [0.2, 0.25) is 0 Å². The highest BCUT2D eigenvalue weighted by Crippen LogP contribution is 2.32. The fourth-order valence-corrected chi connectivity index (χ4v) is 3.18. The van der Waals surface area contributed by atoms with Gasteiger partial charge in [0.05, 0.1) is 12.7 Å². The van der Waals surface area contributed by atoms with Gasteiger partial charge in [-0.25, -0.2) is 0 Å². The highest BCUT2D eigenvalue weighted by molar-refractivity contribution is 4.97. The lowest BCUT2D eigenvalue weighted by Crippen LogP contribution is -2.59. The lowest BCUT2D eigenvalue weighted by molar-refractivity contribution is -0.0193. The minimum Gasteiger partial charge on any atom is -0.381 e. The molecule has 100 valence electrons. The summed E-state index contributed by atoms with van der Waals surface area (Å²) in [7, 11) is 1.81. The van der Waals surface area contributed by atoms with Gasteiger partial charge in [-0.05, 0) is 26.2 Å². The van der Waals surface area contributed by atoms with Gasteiger partial charge in [0.1, 0.15) is 0 Å². The summed E-state index contributed by atoms with van der Waals surface area (Å²) in [6.45, 7) is 7.00. The number of likely N-dealkylation sites (tertiary alicyclic amines) is 1. The second-order valence-electron chi connectivity index (χ2n) is 5.54. The summed E-state index contributed by atoms with van der Waals surface area (Å²) in [5, 5.41) is 0. The van der Waals surface area contributed by atoms with Crippen LogP contribution in [-0.4, -0.2) is 56.5 Å². The molecular formula is C13H26N2O2. The molecule has 2 heterocycles. The summed E-state index contributed by atoms with van der Waals surface area (Å²) in [4.78, 5) is 2.56. The Morgan fingerprint density at radius 3 is 2.53 bits per heavy atom. The number of hydrogen-bond acceptors (Lipinski definition) is 4. The van der Waals surface area contributed by atoms with E-state index in [0.717, 1.165) is 52.1 Å². The average Bonchev–Trinajstić information content (AvgIpc) is 2.92. The van der Waals surface area contributed by atoms with E-state index < -0.39 is 0 Å². The van der Waals surface area contributed by atoms with E-state index in [0.29, 0.717) is 12.0 Å². The Labute approximate surface area is 104 Å². The standard InChI is InChI=1S/C13H26N2O2/c1-13(10-14,11-5-8-17-9-11)15-6-3-12(16-2)4-7-15/h11-12H,3-10,14H2,1-2H3. The van der Waals surface area contributed by atoms with Crippen molar-refractivity contribution in [1.82, 2.24) is 4.90 Å². The van der Waals surface area contributed by atoms with E-state index in [1.807, 2.05) is 7.11 Å². The van der Waals surface area contributed by atoms with Crippen molar-refractivity contribution in [3.8, 4) is 0 Å². The Kier molecular flexibility index (Phi) is 4.42. The Bertz CT molecular complexity index is 236. The number of piperidine rings is 1. The average molecular weight is 242 g/mol. The summed E-state index contributed by atoms with van der Waals surface area (Å²) in [6.07, 6.45) is 3.84. The Hall–Kier alpha value is -0.160. The van der Waals surface area contributed by atoms with Gasteiger partial charge in [-0.1, -0.05) is 0 Å². The smallest absolute Gasteiger partial charge is 0.0595 e. The number of hydrogen-bond donors (Lipinski definition) is 1. The predicted molar refractivity (Wildman–Crippen MR) is 68.0 cm³/mol. The zero-order chi connectivity index (χ0) is 12.3. The van der Waals surface area contributed by atoms with E-state index in [1.165, 1.54) is 0 Å². The molecule has 2 atom stereocenters. The van der Waals surface area contributed by atoms with Crippen molar-refractivity contribution in [2.45, 2.75) is 37.8 Å². The molecule has 4 heteroatoms. The monoisotopic (exact) mass is 242 g/mol. The summed E-state index contributed by atoms with van der Waals surface area (Å²) in [5.74, 6) is 0.589. The van der Waals surface area contributed by atoms with Crippen LogP contribution in [0.5, 0.6) is 0 Å². The van der Waals surface area contributed by atoms with Crippen molar-refractivity contribution in [2.75, 3.05) is 40.0 Å². The maximum absolute atomic E-state index is 6.06. The number of nitrogens with zero attached hydrogens (tertiary/aromatic N) is 1. The zero-order valence-corrected chi connectivity index (χ0v) is 11.2. The molecule has 17 heavy (non-hydrogen) atoms. The molecule has 0 aromatic heterocycles. The first kappa shape index (κ1) is 13.3. The topological polar surface area (TPSA) is 47.7 Å². The lowest BCUT2D eigenvalue weighted by Gasteiger charge is -2.47. The van der Waals surface area contributed by atoms with Gasteiger partial charge < -0.3 is 15.2 Å². The second kappa shape index (κ2) is 5.65. The van der Waals surface area contributed by atoms with Gasteiger partial charge in [0.2, 0.25) is 0 Å². The first-order chi connectivity index (χ1) is 8.20. The number of rotatable bonds is 4. The zero-order valence-electron chi connectivity index (χ0n) is 11.2.